The molecular weight excluding hydrogens is 374 g/mol. The van der Waals surface area contributed by atoms with Crippen LogP contribution in [0.25, 0.3) is 22.3 Å². The number of fused-ring (bicyclic) bond motifs is 1. The van der Waals surface area contributed by atoms with Crippen LogP contribution in [0.15, 0.2) is 62.6 Å². The first-order valence-electron chi connectivity index (χ1n) is 7.88. The molecule has 2 N–H and O–H groups in total. The van der Waals surface area contributed by atoms with Gasteiger partial charge in [-0.1, -0.05) is 12.1 Å². The van der Waals surface area contributed by atoms with Crippen LogP contribution in [0.4, 0.5) is 14.5 Å². The van der Waals surface area contributed by atoms with Gasteiger partial charge < -0.3 is 14.8 Å². The van der Waals surface area contributed by atoms with E-state index in [-0.39, 0.29) is 16.7 Å². The van der Waals surface area contributed by atoms with Crippen LogP contribution in [0.2, 0.25) is 0 Å². The number of benzene rings is 2. The molecule has 8 heteroatoms. The molecule has 0 aliphatic carbocycles. The normalized spacial score (nSPS) is 12.3. The number of thiazole rings is 1. The smallest absolute Gasteiger partial charge is 0.193 e. The van der Waals surface area contributed by atoms with E-state index < -0.39 is 28.9 Å². The van der Waals surface area contributed by atoms with Gasteiger partial charge in [0.25, 0.3) is 0 Å². The first-order valence-corrected chi connectivity index (χ1v) is 8.83. The molecule has 4 aromatic rings. The second kappa shape index (κ2) is 6.90. The quantitative estimate of drug-likeness (QED) is 0.512. The summed E-state index contributed by atoms with van der Waals surface area (Å²) in [5.74, 6) is -1.92. The van der Waals surface area contributed by atoms with Crippen molar-refractivity contribution in [3.05, 3.63) is 80.9 Å². The fraction of sp³-hybridized carbons (Fsp3) is 0.0526. The molecule has 1 unspecified atom stereocenters. The molecule has 136 valence electrons. The van der Waals surface area contributed by atoms with Crippen LogP contribution < -0.4 is 10.7 Å². The van der Waals surface area contributed by atoms with Crippen LogP contribution in [-0.4, -0.2) is 10.1 Å². The van der Waals surface area contributed by atoms with E-state index in [1.165, 1.54) is 23.5 Å². The van der Waals surface area contributed by atoms with Gasteiger partial charge in [-0.15, -0.1) is 11.3 Å². The summed E-state index contributed by atoms with van der Waals surface area (Å²) >= 11 is 1.32. The predicted octanol–water partition coefficient (Wildman–Crippen LogP) is 4.30. The van der Waals surface area contributed by atoms with Crippen LogP contribution >= 0.6 is 11.3 Å². The number of nitrogens with one attached hydrogen (secondary N) is 1. The molecule has 2 heterocycles. The van der Waals surface area contributed by atoms with Gasteiger partial charge in [0.2, 0.25) is 0 Å². The second-order valence-corrected chi connectivity index (χ2v) is 6.43. The highest BCUT2D eigenvalue weighted by atomic mass is 32.1. The predicted molar refractivity (Wildman–Crippen MR) is 98.5 cm³/mol. The Balaban J connectivity index is 1.87. The maximum absolute atomic E-state index is 14.1. The molecule has 2 aromatic heterocycles. The van der Waals surface area contributed by atoms with Gasteiger partial charge in [0.15, 0.2) is 17.2 Å². The van der Waals surface area contributed by atoms with Crippen molar-refractivity contribution in [2.24, 2.45) is 0 Å². The highest BCUT2D eigenvalue weighted by molar-refractivity contribution is 7.07. The number of anilines is 1. The SMILES string of the molecule is O=c1cc(-c2c(F)cccc2F)oc2c(NC(O)c3cscn3)cccc12. The van der Waals surface area contributed by atoms with E-state index in [9.17, 15) is 18.7 Å². The van der Waals surface area contributed by atoms with Crippen LogP contribution in [0, 0.1) is 11.6 Å². The Morgan fingerprint density at radius 2 is 1.89 bits per heavy atom. The lowest BCUT2D eigenvalue weighted by atomic mass is 10.1. The maximum atomic E-state index is 14.1. The van der Waals surface area contributed by atoms with E-state index in [1.54, 1.807) is 23.0 Å². The molecule has 0 aliphatic heterocycles. The average Bonchev–Trinajstić information content (AvgIpc) is 3.17. The van der Waals surface area contributed by atoms with Crippen LogP contribution in [0.5, 0.6) is 0 Å². The van der Waals surface area contributed by atoms with E-state index in [2.05, 4.69) is 10.3 Å². The van der Waals surface area contributed by atoms with Gasteiger partial charge >= 0.3 is 0 Å². The number of hydrogen-bond donors (Lipinski definition) is 2. The Kier molecular flexibility index (Phi) is 4.43. The summed E-state index contributed by atoms with van der Waals surface area (Å²) in [5, 5.41) is 14.9. The number of hydrogen-bond acceptors (Lipinski definition) is 6. The number of nitrogens with zero attached hydrogens (tertiary/aromatic N) is 1. The van der Waals surface area contributed by atoms with Crippen molar-refractivity contribution >= 4 is 28.0 Å². The van der Waals surface area contributed by atoms with Gasteiger partial charge in [-0.25, -0.2) is 13.8 Å². The zero-order valence-corrected chi connectivity index (χ0v) is 14.5. The maximum Gasteiger partial charge on any atom is 0.193 e. The Labute approximate surface area is 155 Å². The van der Waals surface area contributed by atoms with Crippen molar-refractivity contribution < 1.29 is 18.3 Å². The first-order chi connectivity index (χ1) is 13.0. The minimum Gasteiger partial charge on any atom is -0.453 e. The zero-order valence-electron chi connectivity index (χ0n) is 13.6. The van der Waals surface area contributed by atoms with Gasteiger partial charge in [-0.2, -0.15) is 0 Å². The molecule has 0 radical (unpaired) electrons. The number of aliphatic hydroxyl groups excluding tert-OH is 1. The first kappa shape index (κ1) is 17.3. The monoisotopic (exact) mass is 386 g/mol. The molecule has 0 fully saturated rings. The molecule has 4 rings (SSSR count). The number of aromatic nitrogens is 1. The number of aliphatic hydroxyl groups is 1. The van der Waals surface area contributed by atoms with Crippen molar-refractivity contribution in [1.29, 1.82) is 0 Å². The van der Waals surface area contributed by atoms with E-state index >= 15 is 0 Å². The van der Waals surface area contributed by atoms with Gasteiger partial charge in [0.05, 0.1) is 22.1 Å². The fourth-order valence-electron chi connectivity index (χ4n) is 2.73. The highest BCUT2D eigenvalue weighted by Crippen LogP contribution is 2.31. The molecular formula is C19H12F2N2O3S. The summed E-state index contributed by atoms with van der Waals surface area (Å²) in [6.07, 6.45) is -1.14. The standard InChI is InChI=1S/C19H12F2N2O3S/c20-11-4-2-5-12(21)17(11)16-7-15(24)10-3-1-6-13(18(10)26-16)23-19(25)14-8-27-9-22-14/h1-9,19,23,25H. The van der Waals surface area contributed by atoms with E-state index in [1.807, 2.05) is 0 Å². The summed E-state index contributed by atoms with van der Waals surface area (Å²) in [4.78, 5) is 16.5. The molecule has 0 aliphatic rings. The molecule has 27 heavy (non-hydrogen) atoms. The van der Waals surface area contributed by atoms with Crippen LogP contribution in [0.3, 0.4) is 0 Å². The van der Waals surface area contributed by atoms with Crippen LogP contribution in [0.1, 0.15) is 11.9 Å². The van der Waals surface area contributed by atoms with E-state index in [0.717, 1.165) is 18.2 Å². The number of para-hydroxylation sites is 1. The lowest BCUT2D eigenvalue weighted by Gasteiger charge is -2.14. The average molecular weight is 386 g/mol. The van der Waals surface area contributed by atoms with Crippen molar-refractivity contribution in [3.63, 3.8) is 0 Å². The highest BCUT2D eigenvalue weighted by Gasteiger charge is 2.18. The Bertz CT molecular complexity index is 1160. The lowest BCUT2D eigenvalue weighted by Crippen LogP contribution is -2.11. The van der Waals surface area contributed by atoms with Crippen molar-refractivity contribution in [1.82, 2.24) is 4.98 Å². The van der Waals surface area contributed by atoms with Gasteiger partial charge in [0.1, 0.15) is 23.1 Å². The molecule has 5 nitrogen and oxygen atoms in total. The van der Waals surface area contributed by atoms with Crippen LogP contribution in [-0.2, 0) is 0 Å². The molecule has 0 bridgehead atoms. The molecule has 0 saturated carbocycles. The molecule has 0 saturated heterocycles. The third-order valence-electron chi connectivity index (χ3n) is 3.99. The van der Waals surface area contributed by atoms with E-state index in [4.69, 9.17) is 4.42 Å². The molecule has 0 amide bonds. The Morgan fingerprint density at radius 1 is 1.15 bits per heavy atom. The minimum atomic E-state index is -1.14. The third kappa shape index (κ3) is 3.20. The van der Waals surface area contributed by atoms with Crippen molar-refractivity contribution in [2.75, 3.05) is 5.32 Å². The molecule has 0 spiro atoms. The molecule has 2 aromatic carbocycles. The lowest BCUT2D eigenvalue weighted by molar-refractivity contribution is 0.204. The van der Waals surface area contributed by atoms with Crippen molar-refractivity contribution in [3.8, 4) is 11.3 Å². The Hall–Kier alpha value is -3.10. The van der Waals surface area contributed by atoms with Crippen molar-refractivity contribution in [2.45, 2.75) is 6.23 Å². The number of halogens is 2. The second-order valence-electron chi connectivity index (χ2n) is 5.71. The summed E-state index contributed by atoms with van der Waals surface area (Å²) in [6.45, 7) is 0. The number of rotatable bonds is 4. The van der Waals surface area contributed by atoms with Gasteiger partial charge in [0, 0.05) is 11.4 Å². The summed E-state index contributed by atoms with van der Waals surface area (Å²) in [7, 11) is 0. The fourth-order valence-corrected chi connectivity index (χ4v) is 3.30. The molecule has 1 atom stereocenters. The topological polar surface area (TPSA) is 75.4 Å². The largest absolute Gasteiger partial charge is 0.453 e. The minimum absolute atomic E-state index is 0.0805. The van der Waals surface area contributed by atoms with Gasteiger partial charge in [-0.05, 0) is 24.3 Å². The summed E-state index contributed by atoms with van der Waals surface area (Å²) < 4.78 is 33.9. The summed E-state index contributed by atoms with van der Waals surface area (Å²) in [5.41, 5.74) is 1.46. The zero-order chi connectivity index (χ0) is 19.0. The third-order valence-corrected chi connectivity index (χ3v) is 4.59. The Morgan fingerprint density at radius 3 is 2.59 bits per heavy atom. The van der Waals surface area contributed by atoms with Gasteiger partial charge in [-0.3, -0.25) is 4.79 Å². The van der Waals surface area contributed by atoms with E-state index in [0.29, 0.717) is 11.4 Å². The summed E-state index contributed by atoms with van der Waals surface area (Å²) in [6, 6.07) is 9.16.